The molecule has 0 radical (unpaired) electrons. The third-order valence-corrected chi connectivity index (χ3v) is 3.13. The molecule has 20 heavy (non-hydrogen) atoms. The van der Waals surface area contributed by atoms with Crippen LogP contribution in [-0.4, -0.2) is 15.9 Å². The second kappa shape index (κ2) is 5.41. The van der Waals surface area contributed by atoms with Crippen molar-refractivity contribution >= 4 is 27.5 Å². The molecule has 2 aromatic rings. The summed E-state index contributed by atoms with van der Waals surface area (Å²) in [5, 5.41) is 2.49. The standard InChI is InChI=1S/C12H9BrFN3O3/c1-5-2-7(14)6(13)3-8(5)15-11(19)9-4-10(18)17-12(20)16-9/h2-4H,1H3,(H,15,19)(H2,16,17,18,20). The Bertz CT molecular complexity index is 769. The summed E-state index contributed by atoms with van der Waals surface area (Å²) >= 11 is 3.01. The lowest BCUT2D eigenvalue weighted by Gasteiger charge is -2.09. The molecule has 0 aliphatic carbocycles. The molecule has 6 nitrogen and oxygen atoms in total. The molecule has 0 saturated carbocycles. The van der Waals surface area contributed by atoms with Crippen molar-refractivity contribution in [3.63, 3.8) is 0 Å². The number of benzene rings is 1. The smallest absolute Gasteiger partial charge is 0.320 e. The van der Waals surface area contributed by atoms with E-state index < -0.39 is 23.0 Å². The first-order valence-corrected chi connectivity index (χ1v) is 6.27. The molecule has 1 aromatic carbocycles. The molecular formula is C12H9BrFN3O3. The number of carbonyl (C=O) groups is 1. The molecule has 0 spiro atoms. The van der Waals surface area contributed by atoms with Crippen molar-refractivity contribution in [3.05, 3.63) is 60.6 Å². The Morgan fingerprint density at radius 1 is 1.25 bits per heavy atom. The first-order valence-electron chi connectivity index (χ1n) is 5.47. The molecule has 0 atom stereocenters. The number of carbonyl (C=O) groups excluding carboxylic acids is 1. The highest BCUT2D eigenvalue weighted by atomic mass is 79.9. The fourth-order valence-corrected chi connectivity index (χ4v) is 1.91. The van der Waals surface area contributed by atoms with Crippen molar-refractivity contribution < 1.29 is 9.18 Å². The Labute approximate surface area is 120 Å². The number of aryl methyl sites for hydroxylation is 1. The van der Waals surface area contributed by atoms with Gasteiger partial charge < -0.3 is 10.3 Å². The molecule has 104 valence electrons. The number of rotatable bonds is 2. The molecule has 0 saturated heterocycles. The highest BCUT2D eigenvalue weighted by Gasteiger charge is 2.11. The van der Waals surface area contributed by atoms with E-state index in [-0.39, 0.29) is 10.2 Å². The minimum Gasteiger partial charge on any atom is -0.320 e. The Hall–Kier alpha value is -2.22. The van der Waals surface area contributed by atoms with Crippen LogP contribution in [0.1, 0.15) is 16.1 Å². The zero-order valence-electron chi connectivity index (χ0n) is 10.2. The number of hydrogen-bond acceptors (Lipinski definition) is 3. The Balaban J connectivity index is 2.35. The van der Waals surface area contributed by atoms with Crippen LogP contribution in [-0.2, 0) is 0 Å². The maximum atomic E-state index is 13.3. The van der Waals surface area contributed by atoms with Gasteiger partial charge in [-0.25, -0.2) is 9.18 Å². The van der Waals surface area contributed by atoms with Gasteiger partial charge in [-0.1, -0.05) is 0 Å². The molecule has 1 aromatic heterocycles. The molecule has 0 unspecified atom stereocenters. The zero-order chi connectivity index (χ0) is 14.9. The van der Waals surface area contributed by atoms with Gasteiger partial charge >= 0.3 is 5.69 Å². The molecule has 0 bridgehead atoms. The Morgan fingerprint density at radius 3 is 2.60 bits per heavy atom. The molecule has 0 aliphatic heterocycles. The zero-order valence-corrected chi connectivity index (χ0v) is 11.8. The van der Waals surface area contributed by atoms with Crippen LogP contribution in [0.4, 0.5) is 10.1 Å². The van der Waals surface area contributed by atoms with E-state index in [4.69, 9.17) is 0 Å². The normalized spacial score (nSPS) is 10.3. The summed E-state index contributed by atoms with van der Waals surface area (Å²) in [4.78, 5) is 38.3. The van der Waals surface area contributed by atoms with E-state index in [0.29, 0.717) is 11.3 Å². The van der Waals surface area contributed by atoms with E-state index in [1.54, 1.807) is 6.92 Å². The van der Waals surface area contributed by atoms with Gasteiger partial charge in [0.25, 0.3) is 11.5 Å². The van der Waals surface area contributed by atoms with Crippen LogP contribution < -0.4 is 16.6 Å². The van der Waals surface area contributed by atoms with E-state index in [2.05, 4.69) is 26.2 Å². The molecule has 0 fully saturated rings. The second-order valence-corrected chi connectivity index (χ2v) is 4.89. The number of aromatic amines is 2. The summed E-state index contributed by atoms with van der Waals surface area (Å²) in [5.74, 6) is -1.13. The quantitative estimate of drug-likeness (QED) is 0.772. The van der Waals surface area contributed by atoms with Crippen LogP contribution in [0.3, 0.4) is 0 Å². The maximum absolute atomic E-state index is 13.3. The van der Waals surface area contributed by atoms with Gasteiger partial charge in [0.15, 0.2) is 0 Å². The SMILES string of the molecule is Cc1cc(F)c(Br)cc1NC(=O)c1cc(=O)[nH]c(=O)[nH]1. The second-order valence-electron chi connectivity index (χ2n) is 4.04. The van der Waals surface area contributed by atoms with Gasteiger partial charge in [-0.05, 0) is 40.5 Å². The first-order chi connectivity index (χ1) is 9.36. The number of anilines is 1. The van der Waals surface area contributed by atoms with Crippen LogP contribution in [0.25, 0.3) is 0 Å². The predicted molar refractivity (Wildman–Crippen MR) is 74.5 cm³/mol. The van der Waals surface area contributed by atoms with Crippen molar-refractivity contribution in [1.82, 2.24) is 9.97 Å². The summed E-state index contributed by atoms with van der Waals surface area (Å²) in [6.07, 6.45) is 0. The van der Waals surface area contributed by atoms with E-state index in [0.717, 1.165) is 6.07 Å². The van der Waals surface area contributed by atoms with E-state index in [9.17, 15) is 18.8 Å². The summed E-state index contributed by atoms with van der Waals surface area (Å²) in [6, 6.07) is 3.61. The minimum atomic E-state index is -0.778. The van der Waals surface area contributed by atoms with Crippen molar-refractivity contribution in [1.29, 1.82) is 0 Å². The van der Waals surface area contributed by atoms with Crippen molar-refractivity contribution in [2.75, 3.05) is 5.32 Å². The Kier molecular flexibility index (Phi) is 3.84. The number of aromatic nitrogens is 2. The summed E-state index contributed by atoms with van der Waals surface area (Å²) in [5.41, 5.74) is -0.773. The number of H-pyrrole nitrogens is 2. The van der Waals surface area contributed by atoms with E-state index in [1.807, 2.05) is 4.98 Å². The Morgan fingerprint density at radius 2 is 1.95 bits per heavy atom. The summed E-state index contributed by atoms with van der Waals surface area (Å²) in [7, 11) is 0. The largest absolute Gasteiger partial charge is 0.326 e. The van der Waals surface area contributed by atoms with Crippen LogP contribution >= 0.6 is 15.9 Å². The van der Waals surface area contributed by atoms with Gasteiger partial charge in [0.1, 0.15) is 11.5 Å². The van der Waals surface area contributed by atoms with Gasteiger partial charge in [0.2, 0.25) is 0 Å². The van der Waals surface area contributed by atoms with Gasteiger partial charge in [0, 0.05) is 11.8 Å². The maximum Gasteiger partial charge on any atom is 0.326 e. The molecule has 3 N–H and O–H groups in total. The fraction of sp³-hybridized carbons (Fsp3) is 0.0833. The van der Waals surface area contributed by atoms with Gasteiger partial charge in [0.05, 0.1) is 4.47 Å². The van der Waals surface area contributed by atoms with Gasteiger partial charge in [-0.3, -0.25) is 14.6 Å². The minimum absolute atomic E-state index is 0.182. The van der Waals surface area contributed by atoms with Crippen molar-refractivity contribution in [2.45, 2.75) is 6.92 Å². The third-order valence-electron chi connectivity index (χ3n) is 2.52. The number of nitrogens with one attached hydrogen (secondary N) is 3. The first kappa shape index (κ1) is 14.2. The average Bonchev–Trinajstić information content (AvgIpc) is 2.34. The lowest BCUT2D eigenvalue weighted by Crippen LogP contribution is -2.27. The molecule has 1 heterocycles. The van der Waals surface area contributed by atoms with Gasteiger partial charge in [-0.2, -0.15) is 0 Å². The number of hydrogen-bond donors (Lipinski definition) is 3. The number of halogens is 2. The molecule has 2 rings (SSSR count). The summed E-state index contributed by atoms with van der Waals surface area (Å²) in [6.45, 7) is 1.62. The lowest BCUT2D eigenvalue weighted by molar-refractivity contribution is 0.102. The van der Waals surface area contributed by atoms with Crippen molar-refractivity contribution in [2.24, 2.45) is 0 Å². The average molecular weight is 342 g/mol. The number of amides is 1. The van der Waals surface area contributed by atoms with Crippen LogP contribution in [0.5, 0.6) is 0 Å². The summed E-state index contributed by atoms with van der Waals surface area (Å²) < 4.78 is 13.5. The molecule has 0 aliphatic rings. The molecular weight excluding hydrogens is 333 g/mol. The fourth-order valence-electron chi connectivity index (χ4n) is 1.56. The third kappa shape index (κ3) is 3.02. The monoisotopic (exact) mass is 341 g/mol. The molecule has 8 heteroatoms. The van der Waals surface area contributed by atoms with Crippen LogP contribution in [0.2, 0.25) is 0 Å². The highest BCUT2D eigenvalue weighted by molar-refractivity contribution is 9.10. The van der Waals surface area contributed by atoms with Gasteiger partial charge in [-0.15, -0.1) is 0 Å². The van der Waals surface area contributed by atoms with E-state index in [1.165, 1.54) is 12.1 Å². The van der Waals surface area contributed by atoms with Crippen LogP contribution in [0.15, 0.2) is 32.3 Å². The highest BCUT2D eigenvalue weighted by Crippen LogP contribution is 2.24. The lowest BCUT2D eigenvalue weighted by atomic mass is 10.2. The molecule has 1 amide bonds. The predicted octanol–water partition coefficient (Wildman–Crippen LogP) is 1.53. The van der Waals surface area contributed by atoms with Crippen molar-refractivity contribution in [3.8, 4) is 0 Å². The topological polar surface area (TPSA) is 94.8 Å². The van der Waals surface area contributed by atoms with Crippen LogP contribution in [0, 0.1) is 12.7 Å². The van der Waals surface area contributed by atoms with E-state index >= 15 is 0 Å².